The molecule has 6 nitrogen and oxygen atoms in total. The van der Waals surface area contributed by atoms with E-state index in [2.05, 4.69) is 48.2 Å². The van der Waals surface area contributed by atoms with Crippen molar-refractivity contribution in [1.29, 1.82) is 0 Å². The molecular weight excluding hydrogens is 463 g/mol. The number of sulfone groups is 1. The zero-order valence-corrected chi connectivity index (χ0v) is 19.8. The lowest BCUT2D eigenvalue weighted by Crippen LogP contribution is -2.45. The molecule has 0 aliphatic heterocycles. The number of nitrogens with zero attached hydrogens (tertiary/aromatic N) is 2. The van der Waals surface area contributed by atoms with E-state index in [0.717, 1.165) is 24.6 Å². The van der Waals surface area contributed by atoms with Crippen LogP contribution in [-0.4, -0.2) is 57.8 Å². The van der Waals surface area contributed by atoms with Gasteiger partial charge in [-0.1, -0.05) is 12.1 Å². The Bertz CT molecular complexity index is 650. The summed E-state index contributed by atoms with van der Waals surface area (Å²) in [4.78, 5) is 6.98. The van der Waals surface area contributed by atoms with Crippen molar-refractivity contribution in [2.24, 2.45) is 4.99 Å². The number of benzene rings is 1. The van der Waals surface area contributed by atoms with Gasteiger partial charge in [-0.15, -0.1) is 24.0 Å². The van der Waals surface area contributed by atoms with Crippen LogP contribution in [-0.2, 0) is 16.4 Å². The summed E-state index contributed by atoms with van der Waals surface area (Å²) in [6.45, 7) is 11.1. The average molecular weight is 496 g/mol. The summed E-state index contributed by atoms with van der Waals surface area (Å²) in [6, 6.07) is 7.90. The molecule has 26 heavy (non-hydrogen) atoms. The number of rotatable bonds is 8. The minimum Gasteiger partial charge on any atom is -0.355 e. The van der Waals surface area contributed by atoms with Crippen LogP contribution in [0.4, 0.5) is 0 Å². The third kappa shape index (κ3) is 8.68. The van der Waals surface area contributed by atoms with Crippen molar-refractivity contribution < 1.29 is 8.42 Å². The first kappa shape index (κ1) is 25.1. The molecule has 0 saturated carbocycles. The van der Waals surface area contributed by atoms with Crippen LogP contribution in [0.2, 0.25) is 0 Å². The second kappa shape index (κ2) is 11.8. The van der Waals surface area contributed by atoms with E-state index >= 15 is 0 Å². The molecule has 0 aliphatic rings. The Morgan fingerprint density at radius 2 is 1.62 bits per heavy atom. The number of hydrogen-bond donors (Lipinski definition) is 2. The van der Waals surface area contributed by atoms with Gasteiger partial charge in [0, 0.05) is 45.0 Å². The van der Waals surface area contributed by atoms with E-state index in [9.17, 15) is 8.42 Å². The molecule has 150 valence electrons. The molecule has 1 aromatic carbocycles. The van der Waals surface area contributed by atoms with E-state index < -0.39 is 9.84 Å². The maximum Gasteiger partial charge on any atom is 0.191 e. The Hall–Kier alpha value is -0.870. The molecule has 0 spiro atoms. The summed E-state index contributed by atoms with van der Waals surface area (Å²) < 4.78 is 23.0. The molecule has 0 aliphatic carbocycles. The molecule has 0 atom stereocenters. The van der Waals surface area contributed by atoms with Gasteiger partial charge in [0.1, 0.15) is 0 Å². The van der Waals surface area contributed by atoms with E-state index in [1.54, 1.807) is 19.2 Å². The molecule has 1 rings (SSSR count). The van der Waals surface area contributed by atoms with Gasteiger partial charge < -0.3 is 10.6 Å². The van der Waals surface area contributed by atoms with Crippen molar-refractivity contribution in [3.8, 4) is 0 Å². The van der Waals surface area contributed by atoms with Gasteiger partial charge in [-0.3, -0.25) is 9.89 Å². The van der Waals surface area contributed by atoms with Gasteiger partial charge in [-0.25, -0.2) is 8.42 Å². The number of guanidine groups is 1. The predicted octanol–water partition coefficient (Wildman–Crippen LogP) is 2.49. The quantitative estimate of drug-likeness (QED) is 0.329. The fourth-order valence-corrected chi connectivity index (χ4v) is 3.31. The van der Waals surface area contributed by atoms with Gasteiger partial charge in [0.15, 0.2) is 15.8 Å². The van der Waals surface area contributed by atoms with Crippen molar-refractivity contribution in [3.63, 3.8) is 0 Å². The second-order valence-electron chi connectivity index (χ2n) is 6.69. The lowest BCUT2D eigenvalue weighted by atomic mass is 10.2. The van der Waals surface area contributed by atoms with Crippen LogP contribution in [0, 0.1) is 0 Å². The number of hydrogen-bond acceptors (Lipinski definition) is 4. The van der Waals surface area contributed by atoms with Gasteiger partial charge >= 0.3 is 0 Å². The normalized spacial score (nSPS) is 12.4. The highest BCUT2D eigenvalue weighted by Crippen LogP contribution is 2.10. The van der Waals surface area contributed by atoms with Crippen molar-refractivity contribution in [3.05, 3.63) is 29.8 Å². The number of aliphatic imine (C=N–C) groups is 1. The Labute approximate surface area is 175 Å². The van der Waals surface area contributed by atoms with Crippen LogP contribution in [0.25, 0.3) is 0 Å². The Morgan fingerprint density at radius 3 is 2.04 bits per heavy atom. The predicted molar refractivity (Wildman–Crippen MR) is 120 cm³/mol. The molecular formula is C18H33IN4O2S. The smallest absolute Gasteiger partial charge is 0.191 e. The highest BCUT2D eigenvalue weighted by Gasteiger charge is 2.12. The summed E-state index contributed by atoms with van der Waals surface area (Å²) >= 11 is 0. The SMILES string of the molecule is CN=C(NCCN(C(C)C)C(C)C)NCc1ccc(S(C)(=O)=O)cc1.I. The minimum atomic E-state index is -3.15. The largest absolute Gasteiger partial charge is 0.355 e. The van der Waals surface area contributed by atoms with Gasteiger partial charge in [0.25, 0.3) is 0 Å². The first-order valence-electron chi connectivity index (χ1n) is 8.64. The van der Waals surface area contributed by atoms with Crippen LogP contribution in [0.3, 0.4) is 0 Å². The summed E-state index contributed by atoms with van der Waals surface area (Å²) in [5, 5.41) is 6.56. The Morgan fingerprint density at radius 1 is 1.08 bits per heavy atom. The minimum absolute atomic E-state index is 0. The first-order chi connectivity index (χ1) is 11.6. The van der Waals surface area contributed by atoms with Gasteiger partial charge in [-0.2, -0.15) is 0 Å². The van der Waals surface area contributed by atoms with Crippen molar-refractivity contribution in [1.82, 2.24) is 15.5 Å². The zero-order valence-electron chi connectivity index (χ0n) is 16.6. The van der Waals surface area contributed by atoms with Crippen LogP contribution >= 0.6 is 24.0 Å². The molecule has 0 fully saturated rings. The molecule has 1 aromatic rings. The summed E-state index contributed by atoms with van der Waals surface area (Å²) in [6.07, 6.45) is 1.21. The van der Waals surface area contributed by atoms with Crippen LogP contribution in [0.5, 0.6) is 0 Å². The molecule has 0 saturated heterocycles. The molecule has 2 N–H and O–H groups in total. The summed E-state index contributed by atoms with van der Waals surface area (Å²) in [5.41, 5.74) is 1.00. The maximum absolute atomic E-state index is 11.5. The average Bonchev–Trinajstić information content (AvgIpc) is 2.53. The van der Waals surface area contributed by atoms with Crippen LogP contribution < -0.4 is 10.6 Å². The van der Waals surface area contributed by atoms with Gasteiger partial charge in [0.05, 0.1) is 4.90 Å². The topological polar surface area (TPSA) is 73.8 Å². The molecule has 8 heteroatoms. The summed E-state index contributed by atoms with van der Waals surface area (Å²) in [5.74, 6) is 0.736. The standard InChI is InChI=1S/C18H32N4O2S.HI/c1-14(2)22(15(3)4)12-11-20-18(19-5)21-13-16-7-9-17(10-8-16)25(6,23)24;/h7-10,14-15H,11-13H2,1-6H3,(H2,19,20,21);1H. The lowest BCUT2D eigenvalue weighted by Gasteiger charge is -2.30. The van der Waals surface area contributed by atoms with E-state index in [0.29, 0.717) is 23.5 Å². The van der Waals surface area contributed by atoms with Crippen molar-refractivity contribution in [2.75, 3.05) is 26.4 Å². The third-order valence-electron chi connectivity index (χ3n) is 4.02. The van der Waals surface area contributed by atoms with Crippen LogP contribution in [0.1, 0.15) is 33.3 Å². The van der Waals surface area contributed by atoms with E-state index in [-0.39, 0.29) is 24.0 Å². The zero-order chi connectivity index (χ0) is 19.0. The molecule has 0 heterocycles. The lowest BCUT2D eigenvalue weighted by molar-refractivity contribution is 0.178. The van der Waals surface area contributed by atoms with E-state index in [1.165, 1.54) is 6.26 Å². The summed E-state index contributed by atoms with van der Waals surface area (Å²) in [7, 11) is -1.41. The van der Waals surface area contributed by atoms with Crippen LogP contribution in [0.15, 0.2) is 34.2 Å². The van der Waals surface area contributed by atoms with Crippen molar-refractivity contribution in [2.45, 2.75) is 51.2 Å². The molecule has 0 radical (unpaired) electrons. The van der Waals surface area contributed by atoms with Gasteiger partial charge in [0.2, 0.25) is 0 Å². The van der Waals surface area contributed by atoms with Gasteiger partial charge in [-0.05, 0) is 45.4 Å². The molecule has 0 bridgehead atoms. The highest BCUT2D eigenvalue weighted by atomic mass is 127. The second-order valence-corrected chi connectivity index (χ2v) is 8.71. The third-order valence-corrected chi connectivity index (χ3v) is 5.15. The fraction of sp³-hybridized carbons (Fsp3) is 0.611. The number of halogens is 1. The fourth-order valence-electron chi connectivity index (χ4n) is 2.68. The highest BCUT2D eigenvalue weighted by molar-refractivity contribution is 14.0. The first-order valence-corrected chi connectivity index (χ1v) is 10.5. The van der Waals surface area contributed by atoms with E-state index in [4.69, 9.17) is 0 Å². The Balaban J connectivity index is 0.00000625. The number of nitrogens with one attached hydrogen (secondary N) is 2. The molecule has 0 amide bonds. The molecule has 0 aromatic heterocycles. The van der Waals surface area contributed by atoms with E-state index in [1.807, 2.05) is 12.1 Å². The van der Waals surface area contributed by atoms with Crippen molar-refractivity contribution >= 4 is 39.8 Å². The Kier molecular flexibility index (Phi) is 11.4. The monoisotopic (exact) mass is 496 g/mol. The molecule has 0 unspecified atom stereocenters. The maximum atomic E-state index is 11.5.